The van der Waals surface area contributed by atoms with Crippen LogP contribution >= 0.6 is 0 Å². The van der Waals surface area contributed by atoms with Gasteiger partial charge >= 0.3 is 0 Å². The van der Waals surface area contributed by atoms with Crippen molar-refractivity contribution in [3.8, 4) is 0 Å². The first-order valence-corrected chi connectivity index (χ1v) is 2.14. The van der Waals surface area contributed by atoms with E-state index in [1.807, 2.05) is 0 Å². The number of alkyl halides is 1. The number of hydrogen-bond donors (Lipinski definition) is 1. The molecule has 40 valence electrons. The highest BCUT2D eigenvalue weighted by Gasteiger charge is 2.41. The fraction of sp³-hybridized carbons (Fsp3) is 0.750. The number of rotatable bonds is 1. The summed E-state index contributed by atoms with van der Waals surface area (Å²) in [5.41, 5.74) is -1.24. The summed E-state index contributed by atoms with van der Waals surface area (Å²) in [4.78, 5) is 0. The Morgan fingerprint density at radius 3 is 2.43 bits per heavy atom. The van der Waals surface area contributed by atoms with Crippen molar-refractivity contribution in [3.63, 3.8) is 0 Å². The van der Waals surface area contributed by atoms with E-state index in [1.165, 1.54) is 0 Å². The zero-order valence-corrected chi connectivity index (χ0v) is 3.76. The molecule has 0 saturated heterocycles. The standard InChI is InChI=1S/C4H6FNO/c5-4(1-2-4)3-6-7/h3,7H,1-2H2/b6-3+. The van der Waals surface area contributed by atoms with Gasteiger partial charge in [-0.25, -0.2) is 4.39 Å². The molecule has 1 saturated carbocycles. The maximum Gasteiger partial charge on any atom is 0.149 e. The third-order valence-electron chi connectivity index (χ3n) is 1.02. The van der Waals surface area contributed by atoms with Crippen LogP contribution in [-0.4, -0.2) is 17.1 Å². The monoisotopic (exact) mass is 103 g/mol. The van der Waals surface area contributed by atoms with E-state index in [0.717, 1.165) is 6.21 Å². The fourth-order valence-corrected chi connectivity index (χ4v) is 0.352. The molecule has 1 N–H and O–H groups in total. The Morgan fingerprint density at radius 2 is 2.29 bits per heavy atom. The Morgan fingerprint density at radius 1 is 1.71 bits per heavy atom. The largest absolute Gasteiger partial charge is 0.411 e. The summed E-state index contributed by atoms with van der Waals surface area (Å²) in [5, 5.41) is 10.3. The normalized spacial score (nSPS) is 25.9. The van der Waals surface area contributed by atoms with Crippen molar-refractivity contribution in [3.05, 3.63) is 0 Å². The number of hydrogen-bond acceptors (Lipinski definition) is 2. The van der Waals surface area contributed by atoms with Crippen LogP contribution < -0.4 is 0 Å². The van der Waals surface area contributed by atoms with Gasteiger partial charge in [0.05, 0.1) is 6.21 Å². The summed E-state index contributed by atoms with van der Waals surface area (Å²) in [6, 6.07) is 0. The molecule has 0 spiro atoms. The summed E-state index contributed by atoms with van der Waals surface area (Å²) in [6.07, 6.45) is 1.96. The van der Waals surface area contributed by atoms with E-state index in [0.29, 0.717) is 12.8 Å². The SMILES string of the molecule is O/N=C/C1(F)CC1. The lowest BCUT2D eigenvalue weighted by Gasteiger charge is -1.85. The molecule has 1 rings (SSSR count). The van der Waals surface area contributed by atoms with Gasteiger partial charge in [-0.05, 0) is 12.8 Å². The summed E-state index contributed by atoms with van der Waals surface area (Å²) in [5.74, 6) is 0. The van der Waals surface area contributed by atoms with Gasteiger partial charge in [0.2, 0.25) is 0 Å². The van der Waals surface area contributed by atoms with E-state index in [1.54, 1.807) is 0 Å². The van der Waals surface area contributed by atoms with E-state index >= 15 is 0 Å². The van der Waals surface area contributed by atoms with Gasteiger partial charge in [-0.3, -0.25) is 0 Å². The van der Waals surface area contributed by atoms with Gasteiger partial charge < -0.3 is 5.21 Å². The van der Waals surface area contributed by atoms with Crippen LogP contribution in [0.2, 0.25) is 0 Å². The predicted molar refractivity (Wildman–Crippen MR) is 23.4 cm³/mol. The molecule has 0 radical (unpaired) electrons. The Kier molecular flexibility index (Phi) is 0.770. The second-order valence-corrected chi connectivity index (χ2v) is 1.78. The molecular formula is C4H6FNO. The zero-order valence-electron chi connectivity index (χ0n) is 3.76. The van der Waals surface area contributed by atoms with E-state index in [2.05, 4.69) is 5.16 Å². The summed E-state index contributed by atoms with van der Waals surface area (Å²) >= 11 is 0. The van der Waals surface area contributed by atoms with Gasteiger partial charge in [-0.2, -0.15) is 0 Å². The van der Waals surface area contributed by atoms with Crippen molar-refractivity contribution in [1.29, 1.82) is 0 Å². The Labute approximate surface area is 40.6 Å². The van der Waals surface area contributed by atoms with E-state index in [9.17, 15) is 4.39 Å². The molecule has 0 heterocycles. The van der Waals surface area contributed by atoms with Crippen LogP contribution in [0.4, 0.5) is 4.39 Å². The van der Waals surface area contributed by atoms with Gasteiger partial charge in [-0.15, -0.1) is 0 Å². The second kappa shape index (κ2) is 1.18. The topological polar surface area (TPSA) is 32.6 Å². The number of nitrogens with zero attached hydrogens (tertiary/aromatic N) is 1. The highest BCUT2D eigenvalue weighted by atomic mass is 19.1. The van der Waals surface area contributed by atoms with Crippen molar-refractivity contribution >= 4 is 6.21 Å². The average molecular weight is 103 g/mol. The van der Waals surface area contributed by atoms with Crippen molar-refractivity contribution in [2.45, 2.75) is 18.5 Å². The molecule has 0 amide bonds. The third kappa shape index (κ3) is 0.885. The minimum Gasteiger partial charge on any atom is -0.411 e. The first-order valence-electron chi connectivity index (χ1n) is 2.14. The molecular weight excluding hydrogens is 97.0 g/mol. The molecule has 7 heavy (non-hydrogen) atoms. The van der Waals surface area contributed by atoms with Gasteiger partial charge in [0, 0.05) is 0 Å². The third-order valence-corrected chi connectivity index (χ3v) is 1.02. The van der Waals surface area contributed by atoms with Crippen molar-refractivity contribution in [2.75, 3.05) is 0 Å². The van der Waals surface area contributed by atoms with Crippen LogP contribution in [-0.2, 0) is 0 Å². The van der Waals surface area contributed by atoms with Crippen LogP contribution in [0.3, 0.4) is 0 Å². The zero-order chi connectivity index (χ0) is 5.33. The smallest absolute Gasteiger partial charge is 0.149 e. The first-order chi connectivity index (χ1) is 3.27. The van der Waals surface area contributed by atoms with Crippen molar-refractivity contribution < 1.29 is 9.60 Å². The lowest BCUT2D eigenvalue weighted by atomic mass is 10.4. The van der Waals surface area contributed by atoms with Gasteiger partial charge in [-0.1, -0.05) is 5.16 Å². The van der Waals surface area contributed by atoms with Crippen LogP contribution in [0.25, 0.3) is 0 Å². The molecule has 0 aromatic carbocycles. The minimum atomic E-state index is -1.24. The first kappa shape index (κ1) is 4.56. The Balaban J connectivity index is 2.40. The highest BCUT2D eigenvalue weighted by molar-refractivity contribution is 5.71. The highest BCUT2D eigenvalue weighted by Crippen LogP contribution is 2.37. The second-order valence-electron chi connectivity index (χ2n) is 1.78. The fourth-order valence-electron chi connectivity index (χ4n) is 0.352. The summed E-state index contributed by atoms with van der Waals surface area (Å²) in [7, 11) is 0. The van der Waals surface area contributed by atoms with Crippen LogP contribution in [0.1, 0.15) is 12.8 Å². The molecule has 0 atom stereocenters. The lowest BCUT2D eigenvalue weighted by molar-refractivity contribution is 0.310. The molecule has 1 aliphatic rings. The quantitative estimate of drug-likeness (QED) is 0.299. The van der Waals surface area contributed by atoms with Crippen LogP contribution in [0.5, 0.6) is 0 Å². The van der Waals surface area contributed by atoms with Gasteiger partial charge in [0.1, 0.15) is 5.67 Å². The van der Waals surface area contributed by atoms with Crippen molar-refractivity contribution in [2.24, 2.45) is 5.16 Å². The van der Waals surface area contributed by atoms with Gasteiger partial charge in [0.15, 0.2) is 0 Å². The molecule has 0 unspecified atom stereocenters. The average Bonchev–Trinajstić information content (AvgIpc) is 2.22. The van der Waals surface area contributed by atoms with Crippen molar-refractivity contribution in [1.82, 2.24) is 0 Å². The molecule has 0 aromatic rings. The van der Waals surface area contributed by atoms with Crippen LogP contribution in [0, 0.1) is 0 Å². The van der Waals surface area contributed by atoms with E-state index < -0.39 is 5.67 Å². The maximum absolute atomic E-state index is 12.2. The molecule has 1 fully saturated rings. The molecule has 1 aliphatic carbocycles. The molecule has 2 nitrogen and oxygen atoms in total. The van der Waals surface area contributed by atoms with E-state index in [4.69, 9.17) is 5.21 Å². The summed E-state index contributed by atoms with van der Waals surface area (Å²) < 4.78 is 12.2. The van der Waals surface area contributed by atoms with Crippen LogP contribution in [0.15, 0.2) is 5.16 Å². The Bertz CT molecular complexity index is 97.9. The minimum absolute atomic E-state index is 0.511. The molecule has 0 aliphatic heterocycles. The molecule has 3 heteroatoms. The lowest BCUT2D eigenvalue weighted by Crippen LogP contribution is -1.98. The summed E-state index contributed by atoms with van der Waals surface area (Å²) in [6.45, 7) is 0. The maximum atomic E-state index is 12.2. The Hall–Kier alpha value is -0.600. The number of halogens is 1. The van der Waals surface area contributed by atoms with E-state index in [-0.39, 0.29) is 0 Å². The van der Waals surface area contributed by atoms with Gasteiger partial charge in [0.25, 0.3) is 0 Å². The predicted octanol–water partition coefficient (Wildman–Crippen LogP) is 0.949. The molecule has 0 bridgehead atoms. The molecule has 0 aromatic heterocycles. The number of oxime groups is 1.